The number of esters is 2. The fourth-order valence-corrected chi connectivity index (χ4v) is 1.44. The van der Waals surface area contributed by atoms with Crippen molar-refractivity contribution in [3.05, 3.63) is 35.9 Å². The van der Waals surface area contributed by atoms with E-state index < -0.39 is 11.9 Å². The number of anilines is 2. The Kier molecular flexibility index (Phi) is 6.26. The van der Waals surface area contributed by atoms with E-state index in [0.717, 1.165) is 0 Å². The predicted octanol–water partition coefficient (Wildman–Crippen LogP) is 1.91. The van der Waals surface area contributed by atoms with Gasteiger partial charge < -0.3 is 20.9 Å². The highest BCUT2D eigenvalue weighted by molar-refractivity contribution is 5.91. The number of unbranched alkanes of at least 4 members (excludes halogenated alkanes) is 1. The zero-order valence-electron chi connectivity index (χ0n) is 12.1. The summed E-state index contributed by atoms with van der Waals surface area (Å²) in [5.74, 6) is -0.870. The van der Waals surface area contributed by atoms with Crippen LogP contribution in [0.1, 0.15) is 30.1 Å². The van der Waals surface area contributed by atoms with Crippen molar-refractivity contribution in [1.82, 2.24) is 0 Å². The summed E-state index contributed by atoms with van der Waals surface area (Å²) in [5, 5.41) is 0. The Morgan fingerprint density at radius 3 is 2.29 bits per heavy atom. The Morgan fingerprint density at radius 2 is 1.71 bits per heavy atom. The first-order chi connectivity index (χ1) is 9.91. The molecule has 0 saturated heterocycles. The number of hydrogen-bond acceptors (Lipinski definition) is 6. The largest absolute Gasteiger partial charge is 0.462 e. The number of nitrogens with two attached hydrogens (primary N) is 2. The van der Waals surface area contributed by atoms with Crippen molar-refractivity contribution in [2.75, 3.05) is 24.7 Å². The van der Waals surface area contributed by atoms with Gasteiger partial charge in [0.15, 0.2) is 0 Å². The van der Waals surface area contributed by atoms with Gasteiger partial charge in [0, 0.05) is 5.57 Å². The number of rotatable bonds is 7. The zero-order valence-corrected chi connectivity index (χ0v) is 12.1. The summed E-state index contributed by atoms with van der Waals surface area (Å²) in [7, 11) is 0. The van der Waals surface area contributed by atoms with Gasteiger partial charge in [-0.25, -0.2) is 9.59 Å². The molecule has 6 nitrogen and oxygen atoms in total. The van der Waals surface area contributed by atoms with Crippen molar-refractivity contribution in [1.29, 1.82) is 0 Å². The van der Waals surface area contributed by atoms with Crippen molar-refractivity contribution in [2.45, 2.75) is 19.8 Å². The minimum absolute atomic E-state index is 0.244. The molecule has 4 N–H and O–H groups in total. The van der Waals surface area contributed by atoms with Crippen LogP contribution in [0.4, 0.5) is 11.4 Å². The predicted molar refractivity (Wildman–Crippen MR) is 80.6 cm³/mol. The molecule has 0 atom stereocenters. The second kappa shape index (κ2) is 7.94. The fraction of sp³-hybridized carbons (Fsp3) is 0.333. The van der Waals surface area contributed by atoms with Crippen LogP contribution in [-0.4, -0.2) is 25.2 Å². The van der Waals surface area contributed by atoms with Gasteiger partial charge >= 0.3 is 11.9 Å². The average molecular weight is 292 g/mol. The monoisotopic (exact) mass is 292 g/mol. The Hall–Kier alpha value is -2.50. The Labute approximate surface area is 123 Å². The van der Waals surface area contributed by atoms with E-state index in [1.165, 1.54) is 6.07 Å². The van der Waals surface area contributed by atoms with Crippen molar-refractivity contribution in [3.63, 3.8) is 0 Å². The van der Waals surface area contributed by atoms with Gasteiger partial charge in [0.05, 0.1) is 30.2 Å². The summed E-state index contributed by atoms with van der Waals surface area (Å²) < 4.78 is 10.00. The third-order valence-electron chi connectivity index (χ3n) is 2.68. The van der Waals surface area contributed by atoms with Crippen LogP contribution < -0.4 is 11.5 Å². The standard InChI is InChI=1S/C15H20N2O4/c1-10(2)14(18)20-7-3-4-8-21-15(19)11-5-6-12(16)13(17)9-11/h5-6,9H,1,3-4,7-8,16-17H2,2H3. The van der Waals surface area contributed by atoms with Gasteiger partial charge in [-0.1, -0.05) is 6.58 Å². The number of hydrogen-bond donors (Lipinski definition) is 2. The SMILES string of the molecule is C=C(C)C(=O)OCCCCOC(=O)c1ccc(N)c(N)c1. The maximum Gasteiger partial charge on any atom is 0.338 e. The molecule has 1 aromatic rings. The maximum atomic E-state index is 11.7. The highest BCUT2D eigenvalue weighted by atomic mass is 16.5. The smallest absolute Gasteiger partial charge is 0.338 e. The number of carbonyl (C=O) groups is 2. The van der Waals surface area contributed by atoms with Crippen molar-refractivity contribution in [2.24, 2.45) is 0 Å². The van der Waals surface area contributed by atoms with Gasteiger partial charge in [-0.15, -0.1) is 0 Å². The minimum Gasteiger partial charge on any atom is -0.462 e. The molecule has 1 aromatic carbocycles. The first kappa shape index (κ1) is 16.6. The van der Waals surface area contributed by atoms with Crippen molar-refractivity contribution in [3.8, 4) is 0 Å². The number of benzene rings is 1. The highest BCUT2D eigenvalue weighted by Crippen LogP contribution is 2.16. The molecule has 0 saturated carbocycles. The molecule has 0 heterocycles. The van der Waals surface area contributed by atoms with Gasteiger partial charge in [0.1, 0.15) is 0 Å². The molecular weight excluding hydrogens is 272 g/mol. The molecule has 0 unspecified atom stereocenters. The second-order valence-corrected chi connectivity index (χ2v) is 4.60. The number of ether oxygens (including phenoxy) is 2. The van der Waals surface area contributed by atoms with E-state index in [4.69, 9.17) is 20.9 Å². The number of nitrogen functional groups attached to an aromatic ring is 2. The molecular formula is C15H20N2O4. The number of carbonyl (C=O) groups excluding carboxylic acids is 2. The van der Waals surface area contributed by atoms with Crippen LogP contribution in [0.3, 0.4) is 0 Å². The fourth-order valence-electron chi connectivity index (χ4n) is 1.44. The Bertz CT molecular complexity index is 540. The van der Waals surface area contributed by atoms with Crippen molar-refractivity contribution < 1.29 is 19.1 Å². The lowest BCUT2D eigenvalue weighted by Crippen LogP contribution is -2.10. The average Bonchev–Trinajstić information content (AvgIpc) is 2.44. The van der Waals surface area contributed by atoms with E-state index >= 15 is 0 Å². The summed E-state index contributed by atoms with van der Waals surface area (Å²) in [6.45, 7) is 5.58. The van der Waals surface area contributed by atoms with E-state index in [1.54, 1.807) is 19.1 Å². The molecule has 21 heavy (non-hydrogen) atoms. The van der Waals surface area contributed by atoms with Gasteiger partial charge in [-0.2, -0.15) is 0 Å². The lowest BCUT2D eigenvalue weighted by Gasteiger charge is -2.07. The zero-order chi connectivity index (χ0) is 15.8. The Morgan fingerprint density at radius 1 is 1.10 bits per heavy atom. The topological polar surface area (TPSA) is 105 Å². The molecule has 0 radical (unpaired) electrons. The maximum absolute atomic E-state index is 11.7. The van der Waals surface area contributed by atoms with Crippen molar-refractivity contribution >= 4 is 23.3 Å². The molecule has 1 rings (SSSR count). The van der Waals surface area contributed by atoms with Crippen LogP contribution in [0.25, 0.3) is 0 Å². The van der Waals surface area contributed by atoms with Crippen LogP contribution in [0.2, 0.25) is 0 Å². The third-order valence-corrected chi connectivity index (χ3v) is 2.68. The molecule has 0 amide bonds. The van der Waals surface area contributed by atoms with Gasteiger partial charge in [-0.05, 0) is 38.0 Å². The van der Waals surface area contributed by atoms with Gasteiger partial charge in [0.2, 0.25) is 0 Å². The molecule has 6 heteroatoms. The third kappa shape index (κ3) is 5.56. The van der Waals surface area contributed by atoms with Crippen LogP contribution in [0.5, 0.6) is 0 Å². The molecule has 0 fully saturated rings. The Balaban J connectivity index is 2.23. The normalized spacial score (nSPS) is 9.95. The molecule has 114 valence electrons. The second-order valence-electron chi connectivity index (χ2n) is 4.60. The molecule has 0 aliphatic rings. The minimum atomic E-state index is -0.458. The summed E-state index contributed by atoms with van der Waals surface area (Å²) in [5.41, 5.74) is 12.7. The van der Waals surface area contributed by atoms with E-state index in [9.17, 15) is 9.59 Å². The molecule has 0 aromatic heterocycles. The van der Waals surface area contributed by atoms with Crippen LogP contribution in [0.15, 0.2) is 30.4 Å². The molecule has 0 aliphatic carbocycles. The van der Waals surface area contributed by atoms with Gasteiger partial charge in [-0.3, -0.25) is 0 Å². The molecule has 0 spiro atoms. The van der Waals surface area contributed by atoms with E-state index in [-0.39, 0.29) is 13.2 Å². The van der Waals surface area contributed by atoms with Crippen LogP contribution in [-0.2, 0) is 14.3 Å². The molecule has 0 bridgehead atoms. The molecule has 0 aliphatic heterocycles. The van der Waals surface area contributed by atoms with Crippen LogP contribution in [0, 0.1) is 0 Å². The summed E-state index contributed by atoms with van der Waals surface area (Å²) in [4.78, 5) is 22.8. The van der Waals surface area contributed by atoms with E-state index in [2.05, 4.69) is 6.58 Å². The highest BCUT2D eigenvalue weighted by Gasteiger charge is 2.08. The summed E-state index contributed by atoms with van der Waals surface area (Å²) in [6, 6.07) is 4.60. The van der Waals surface area contributed by atoms with E-state index in [0.29, 0.717) is 35.4 Å². The quantitative estimate of drug-likeness (QED) is 0.344. The van der Waals surface area contributed by atoms with Crippen LogP contribution >= 0.6 is 0 Å². The first-order valence-electron chi connectivity index (χ1n) is 6.56. The van der Waals surface area contributed by atoms with E-state index in [1.807, 2.05) is 0 Å². The summed E-state index contributed by atoms with van der Waals surface area (Å²) in [6.07, 6.45) is 1.20. The van der Waals surface area contributed by atoms with Gasteiger partial charge in [0.25, 0.3) is 0 Å². The lowest BCUT2D eigenvalue weighted by molar-refractivity contribution is -0.139. The summed E-state index contributed by atoms with van der Waals surface area (Å²) >= 11 is 0. The first-order valence-corrected chi connectivity index (χ1v) is 6.56. The lowest BCUT2D eigenvalue weighted by atomic mass is 10.2.